The molecule has 0 atom stereocenters. The lowest BCUT2D eigenvalue weighted by Gasteiger charge is -2.03. The Balaban J connectivity index is 1.71. The van der Waals surface area contributed by atoms with Crippen molar-refractivity contribution in [3.05, 3.63) is 59.5 Å². The third-order valence-electron chi connectivity index (χ3n) is 3.81. The van der Waals surface area contributed by atoms with Gasteiger partial charge in [-0.05, 0) is 31.2 Å². The van der Waals surface area contributed by atoms with Crippen molar-refractivity contribution in [2.24, 2.45) is 0 Å². The highest BCUT2D eigenvalue weighted by Crippen LogP contribution is 2.32. The molecule has 6 nitrogen and oxygen atoms in total. The lowest BCUT2D eigenvalue weighted by Crippen LogP contribution is -2.13. The van der Waals surface area contributed by atoms with E-state index in [-0.39, 0.29) is 18.3 Å². The first-order valence-corrected chi connectivity index (χ1v) is 10.7. The van der Waals surface area contributed by atoms with Gasteiger partial charge >= 0.3 is 5.97 Å². The zero-order valence-electron chi connectivity index (χ0n) is 16.0. The number of methoxy groups -OCH3 is 1. The first-order valence-electron chi connectivity index (χ1n) is 8.90. The number of nitrogens with zero attached hydrogens (tertiary/aromatic N) is 1. The second-order valence-corrected chi connectivity index (χ2v) is 7.84. The number of hydrogen-bond acceptors (Lipinski definition) is 7. The van der Waals surface area contributed by atoms with Crippen LogP contribution in [0.2, 0.25) is 0 Å². The van der Waals surface area contributed by atoms with Gasteiger partial charge in [-0.2, -0.15) is 0 Å². The molecular weight excluding hydrogens is 408 g/mol. The number of carbonyl (C=O) groups is 2. The lowest BCUT2D eigenvalue weighted by molar-refractivity contribution is -0.113. The highest BCUT2D eigenvalue weighted by Gasteiger charge is 2.21. The summed E-state index contributed by atoms with van der Waals surface area (Å²) in [5, 5.41) is 3.15. The van der Waals surface area contributed by atoms with Crippen LogP contribution < -0.4 is 10.1 Å². The molecule has 1 amide bonds. The summed E-state index contributed by atoms with van der Waals surface area (Å²) in [6.07, 6.45) is 0. The normalized spacial score (nSPS) is 10.4. The van der Waals surface area contributed by atoms with Crippen LogP contribution in [-0.2, 0) is 9.53 Å². The molecule has 0 saturated heterocycles. The summed E-state index contributed by atoms with van der Waals surface area (Å²) in [6, 6.07) is 16.8. The lowest BCUT2D eigenvalue weighted by atomic mass is 10.1. The number of rotatable bonds is 8. The largest absolute Gasteiger partial charge is 0.497 e. The number of ether oxygens (including phenoxy) is 2. The van der Waals surface area contributed by atoms with E-state index in [2.05, 4.69) is 10.3 Å². The van der Waals surface area contributed by atoms with Gasteiger partial charge in [0.1, 0.15) is 10.6 Å². The fraction of sp³-hybridized carbons (Fsp3) is 0.190. The Morgan fingerprint density at radius 2 is 1.83 bits per heavy atom. The molecule has 0 aliphatic carbocycles. The quantitative estimate of drug-likeness (QED) is 0.413. The number of nitrogens with one attached hydrogen (secondary N) is 1. The van der Waals surface area contributed by atoms with E-state index in [1.165, 1.54) is 11.8 Å². The molecule has 0 aliphatic rings. The molecule has 3 rings (SSSR count). The number of thioether (sulfide) groups is 1. The van der Waals surface area contributed by atoms with Crippen molar-refractivity contribution in [1.29, 1.82) is 0 Å². The Morgan fingerprint density at radius 1 is 1.10 bits per heavy atom. The van der Waals surface area contributed by atoms with Crippen molar-refractivity contribution in [1.82, 2.24) is 4.98 Å². The van der Waals surface area contributed by atoms with E-state index in [1.54, 1.807) is 14.0 Å². The van der Waals surface area contributed by atoms with Crippen LogP contribution >= 0.6 is 23.1 Å². The Morgan fingerprint density at radius 3 is 2.48 bits per heavy atom. The maximum atomic E-state index is 12.4. The van der Waals surface area contributed by atoms with Gasteiger partial charge in [0.25, 0.3) is 0 Å². The van der Waals surface area contributed by atoms with Crippen molar-refractivity contribution in [2.45, 2.75) is 11.8 Å². The second-order valence-electron chi connectivity index (χ2n) is 5.80. The molecule has 0 aliphatic heterocycles. The molecular formula is C21H20N2O4S2. The predicted molar refractivity (Wildman–Crippen MR) is 116 cm³/mol. The minimum Gasteiger partial charge on any atom is -0.497 e. The third kappa shape index (κ3) is 5.58. The maximum Gasteiger partial charge on any atom is 0.350 e. The predicted octanol–water partition coefficient (Wildman–Crippen LogP) is 4.73. The van der Waals surface area contributed by atoms with E-state index >= 15 is 0 Å². The van der Waals surface area contributed by atoms with Crippen LogP contribution in [0.25, 0.3) is 11.3 Å². The summed E-state index contributed by atoms with van der Waals surface area (Å²) in [4.78, 5) is 30.5. The fourth-order valence-electron chi connectivity index (χ4n) is 2.48. The van der Waals surface area contributed by atoms with Gasteiger partial charge < -0.3 is 14.8 Å². The summed E-state index contributed by atoms with van der Waals surface area (Å²) in [7, 11) is 1.61. The van der Waals surface area contributed by atoms with Gasteiger partial charge in [-0.15, -0.1) is 11.8 Å². The number of benzene rings is 2. The number of esters is 1. The van der Waals surface area contributed by atoms with Crippen LogP contribution in [0.5, 0.6) is 5.75 Å². The monoisotopic (exact) mass is 428 g/mol. The van der Waals surface area contributed by atoms with Crippen LogP contribution in [0, 0.1) is 0 Å². The molecule has 0 bridgehead atoms. The van der Waals surface area contributed by atoms with Gasteiger partial charge in [0, 0.05) is 10.5 Å². The smallest absolute Gasteiger partial charge is 0.350 e. The zero-order chi connectivity index (χ0) is 20.6. The average molecular weight is 429 g/mol. The summed E-state index contributed by atoms with van der Waals surface area (Å²) >= 11 is 2.52. The van der Waals surface area contributed by atoms with Crippen molar-refractivity contribution in [2.75, 3.05) is 24.8 Å². The van der Waals surface area contributed by atoms with Crippen LogP contribution in [0.1, 0.15) is 16.6 Å². The van der Waals surface area contributed by atoms with E-state index < -0.39 is 5.97 Å². The van der Waals surface area contributed by atoms with Gasteiger partial charge in [-0.3, -0.25) is 4.79 Å². The molecule has 0 fully saturated rings. The first kappa shape index (κ1) is 20.9. The van der Waals surface area contributed by atoms with Gasteiger partial charge in [0.15, 0.2) is 5.13 Å². The summed E-state index contributed by atoms with van der Waals surface area (Å²) in [5.41, 5.74) is 1.30. The minimum absolute atomic E-state index is 0.199. The van der Waals surface area contributed by atoms with Gasteiger partial charge in [0.05, 0.1) is 25.2 Å². The van der Waals surface area contributed by atoms with Crippen molar-refractivity contribution in [3.63, 3.8) is 0 Å². The van der Waals surface area contributed by atoms with Crippen LogP contribution in [-0.4, -0.2) is 36.3 Å². The molecule has 1 N–H and O–H groups in total. The average Bonchev–Trinajstić information content (AvgIpc) is 3.17. The van der Waals surface area contributed by atoms with Gasteiger partial charge in [-0.1, -0.05) is 41.7 Å². The Bertz CT molecular complexity index is 972. The molecule has 1 heterocycles. The first-order chi connectivity index (χ1) is 14.1. The maximum absolute atomic E-state index is 12.4. The molecule has 0 radical (unpaired) electrons. The standard InChI is InChI=1S/C21H20N2O4S2/c1-3-27-20(25)19-18(14-7-5-4-6-8-14)23-21(29-19)22-17(24)13-28-16-11-9-15(26-2)10-12-16/h4-12H,3,13H2,1-2H3,(H,22,23,24). The number of amides is 1. The van der Waals surface area contributed by atoms with Gasteiger partial charge in [0.2, 0.25) is 5.91 Å². The Labute approximate surface area is 177 Å². The topological polar surface area (TPSA) is 77.5 Å². The van der Waals surface area contributed by atoms with E-state index in [0.29, 0.717) is 15.7 Å². The number of thiazole rings is 1. The Hall–Kier alpha value is -2.84. The van der Waals surface area contributed by atoms with E-state index in [9.17, 15) is 9.59 Å². The molecule has 2 aromatic carbocycles. The zero-order valence-corrected chi connectivity index (χ0v) is 17.6. The van der Waals surface area contributed by atoms with Crippen molar-refractivity contribution >= 4 is 40.1 Å². The molecule has 0 spiro atoms. The van der Waals surface area contributed by atoms with Crippen molar-refractivity contribution in [3.8, 4) is 17.0 Å². The Kier molecular flexibility index (Phi) is 7.26. The molecule has 29 heavy (non-hydrogen) atoms. The highest BCUT2D eigenvalue weighted by atomic mass is 32.2. The minimum atomic E-state index is -0.447. The summed E-state index contributed by atoms with van der Waals surface area (Å²) in [6.45, 7) is 2.02. The molecule has 1 aromatic heterocycles. The fourth-order valence-corrected chi connectivity index (χ4v) is 4.07. The second kappa shape index (κ2) is 10.1. The summed E-state index contributed by atoms with van der Waals surface area (Å²) in [5.74, 6) is 0.342. The number of hydrogen-bond donors (Lipinski definition) is 1. The highest BCUT2D eigenvalue weighted by molar-refractivity contribution is 8.00. The molecule has 150 valence electrons. The molecule has 0 unspecified atom stereocenters. The van der Waals surface area contributed by atoms with Crippen LogP contribution in [0.3, 0.4) is 0 Å². The van der Waals surface area contributed by atoms with E-state index in [4.69, 9.17) is 9.47 Å². The third-order valence-corrected chi connectivity index (χ3v) is 5.77. The van der Waals surface area contributed by atoms with Gasteiger partial charge in [-0.25, -0.2) is 9.78 Å². The number of carbonyl (C=O) groups excluding carboxylic acids is 2. The molecule has 3 aromatic rings. The SMILES string of the molecule is CCOC(=O)c1sc(NC(=O)CSc2ccc(OC)cc2)nc1-c1ccccc1. The van der Waals surface area contributed by atoms with E-state index in [0.717, 1.165) is 27.5 Å². The molecule has 0 saturated carbocycles. The van der Waals surface area contributed by atoms with Crippen LogP contribution in [0.4, 0.5) is 5.13 Å². The van der Waals surface area contributed by atoms with Crippen molar-refractivity contribution < 1.29 is 19.1 Å². The van der Waals surface area contributed by atoms with Crippen LogP contribution in [0.15, 0.2) is 59.5 Å². The van der Waals surface area contributed by atoms with E-state index in [1.807, 2.05) is 54.6 Å². The molecule has 8 heteroatoms. The summed E-state index contributed by atoms with van der Waals surface area (Å²) < 4.78 is 10.3. The number of anilines is 1. The number of aromatic nitrogens is 1.